The second-order valence-electron chi connectivity index (χ2n) is 12.0. The molecule has 10 rings (SSSR count). The van der Waals surface area contributed by atoms with Crippen molar-refractivity contribution in [2.24, 2.45) is 0 Å². The van der Waals surface area contributed by atoms with Crippen molar-refractivity contribution >= 4 is 260 Å². The molecule has 4 N–H and O–H groups in total. The van der Waals surface area contributed by atoms with Crippen molar-refractivity contribution in [3.63, 3.8) is 0 Å². The SMILES string of the molecule is Fc1c(F)c(Br)c2nsnc2c1Br.Fc1c(F)c(Br)c2nsnc2c1Cl.Fc1c(F)c(Cl)c2nsnc2c1Cl.Fc1c(F)c(I)c2nsnc2c1Br.OB(O)c1c(F)c(F)c(B(O)O)c2nsnc12. The Morgan fingerprint density at radius 3 is 0.884 bits per heavy atom. The molecule has 0 aliphatic heterocycles. The Morgan fingerprint density at radius 2 is 0.551 bits per heavy atom. The fraction of sp³-hybridized carbons (Fsp3) is 0. The van der Waals surface area contributed by atoms with E-state index in [9.17, 15) is 43.9 Å². The lowest BCUT2D eigenvalue weighted by Crippen LogP contribution is -2.41. The lowest BCUT2D eigenvalue weighted by atomic mass is 9.72. The van der Waals surface area contributed by atoms with E-state index >= 15 is 0 Å². The zero-order valence-electron chi connectivity index (χ0n) is 31.3. The molecule has 0 fully saturated rings. The summed E-state index contributed by atoms with van der Waals surface area (Å²) in [4.78, 5) is 0. The van der Waals surface area contributed by atoms with Gasteiger partial charge in [-0.2, -0.15) is 43.7 Å². The van der Waals surface area contributed by atoms with Crippen LogP contribution in [-0.2, 0) is 0 Å². The van der Waals surface area contributed by atoms with Crippen LogP contribution in [0.1, 0.15) is 0 Å². The van der Waals surface area contributed by atoms with E-state index in [1.807, 2.05) is 0 Å². The maximum Gasteiger partial charge on any atom is 0.493 e. The van der Waals surface area contributed by atoms with Crippen LogP contribution in [0.2, 0.25) is 15.1 Å². The monoisotopic (exact) mass is 1490 g/mol. The van der Waals surface area contributed by atoms with Crippen molar-refractivity contribution in [3.8, 4) is 0 Å². The largest absolute Gasteiger partial charge is 0.493 e. The summed E-state index contributed by atoms with van der Waals surface area (Å²) in [6, 6.07) is 0. The van der Waals surface area contributed by atoms with E-state index in [0.717, 1.165) is 46.9 Å². The van der Waals surface area contributed by atoms with Gasteiger partial charge in [-0.15, -0.1) is 0 Å². The van der Waals surface area contributed by atoms with Gasteiger partial charge in [0, 0.05) is 10.9 Å². The van der Waals surface area contributed by atoms with Crippen molar-refractivity contribution in [2.75, 3.05) is 0 Å². The summed E-state index contributed by atoms with van der Waals surface area (Å²) >= 11 is 33.8. The summed E-state index contributed by atoms with van der Waals surface area (Å²) in [6.45, 7) is 0. The molecular weight excluding hydrogens is 1490 g/mol. The van der Waals surface area contributed by atoms with Gasteiger partial charge in [-0.1, -0.05) is 34.8 Å². The highest BCUT2D eigenvalue weighted by atomic mass is 127. The standard InChI is InChI=1S/C6H4B2F2N2O4S.C6Br2F2N2S.C6BrClF2N2S.C6BrF2IN2S.C6Cl2F2N2S/c9-3-1(7(13)14)5-6(12-17-11-5)2(4(3)10)8(15)16;2*7-1-3(9)4(10)2(8)6-5(1)11-13-12-6;7-1-2(8)3(9)4(10)6-5(1)11-13-12-6;7-1-3(9)4(10)2(8)6-5(1)11-13-12-6/h13-16H;;;;. The molecule has 0 radical (unpaired) electrons. The average Bonchev–Trinajstić information content (AvgIpc) is 4.19. The van der Waals surface area contributed by atoms with Gasteiger partial charge in [0.1, 0.15) is 70.2 Å². The number of hydrogen-bond acceptors (Lipinski definition) is 19. The number of hydrogen-bond donors (Lipinski definition) is 4. The molecular formula is C30H4B2Br4Cl3F10IN10O4S5. The molecule has 0 atom stereocenters. The van der Waals surface area contributed by atoms with Crippen LogP contribution in [0.5, 0.6) is 0 Å². The zero-order valence-corrected chi connectivity index (χ0v) is 46.1. The molecule has 0 saturated carbocycles. The molecule has 5 aromatic carbocycles. The normalized spacial score (nSPS) is 11.0. The summed E-state index contributed by atoms with van der Waals surface area (Å²) in [6.07, 6.45) is 0. The molecule has 0 bridgehead atoms. The van der Waals surface area contributed by atoms with Crippen molar-refractivity contribution in [2.45, 2.75) is 0 Å². The topological polar surface area (TPSA) is 210 Å². The number of rotatable bonds is 2. The van der Waals surface area contributed by atoms with Crippen molar-refractivity contribution in [1.29, 1.82) is 0 Å². The smallest absolute Gasteiger partial charge is 0.423 e. The highest BCUT2D eigenvalue weighted by Crippen LogP contribution is 2.37. The molecule has 0 spiro atoms. The number of benzene rings is 5. The van der Waals surface area contributed by atoms with Gasteiger partial charge in [-0.05, 0) is 86.3 Å². The Balaban J connectivity index is 0.000000142. The first-order valence-electron chi connectivity index (χ1n) is 16.6. The van der Waals surface area contributed by atoms with Gasteiger partial charge >= 0.3 is 14.2 Å². The predicted octanol–water partition coefficient (Wildman–Crippen LogP) is 10.8. The molecule has 0 unspecified atom stereocenters. The second-order valence-corrected chi connectivity index (χ2v) is 20.1. The summed E-state index contributed by atoms with van der Waals surface area (Å²) < 4.78 is 169. The van der Waals surface area contributed by atoms with E-state index in [4.69, 9.17) is 54.9 Å². The van der Waals surface area contributed by atoms with E-state index in [1.165, 1.54) is 0 Å². The van der Waals surface area contributed by atoms with Crippen LogP contribution in [0, 0.1) is 61.7 Å². The molecule has 360 valence electrons. The molecule has 10 aromatic rings. The summed E-state index contributed by atoms with van der Waals surface area (Å²) in [5.41, 5.74) is -0.154. The van der Waals surface area contributed by atoms with E-state index in [0.29, 0.717) is 33.8 Å². The fourth-order valence-electron chi connectivity index (χ4n) is 4.97. The Bertz CT molecular complexity index is 3040. The number of halogens is 18. The Morgan fingerprint density at radius 1 is 0.333 bits per heavy atom. The van der Waals surface area contributed by atoms with Gasteiger partial charge in [0.05, 0.1) is 80.1 Å². The highest BCUT2D eigenvalue weighted by Gasteiger charge is 2.33. The first-order valence-corrected chi connectivity index (χ1v) is 25.6. The number of nitrogens with zero attached hydrogens (tertiary/aromatic N) is 10. The summed E-state index contributed by atoms with van der Waals surface area (Å²) in [5, 5.41) is 34.6. The molecule has 14 nitrogen and oxygen atoms in total. The van der Waals surface area contributed by atoms with Crippen LogP contribution in [0.15, 0.2) is 17.9 Å². The fourth-order valence-corrected chi connectivity index (χ4v) is 11.6. The third-order valence-electron chi connectivity index (χ3n) is 8.11. The first-order chi connectivity index (χ1) is 32.5. The lowest BCUT2D eigenvalue weighted by Gasteiger charge is -2.08. The van der Waals surface area contributed by atoms with E-state index in [2.05, 4.69) is 107 Å². The lowest BCUT2D eigenvalue weighted by molar-refractivity contribution is 0.415. The van der Waals surface area contributed by atoms with Crippen molar-refractivity contribution < 1.29 is 64.0 Å². The van der Waals surface area contributed by atoms with Crippen LogP contribution < -0.4 is 10.9 Å². The third kappa shape index (κ3) is 11.1. The predicted molar refractivity (Wildman–Crippen MR) is 265 cm³/mol. The van der Waals surface area contributed by atoms with E-state index in [1.54, 1.807) is 22.6 Å². The maximum atomic E-state index is 13.5. The highest BCUT2D eigenvalue weighted by molar-refractivity contribution is 14.1. The Labute approximate surface area is 457 Å². The Hall–Kier alpha value is -2.01. The van der Waals surface area contributed by atoms with Gasteiger partial charge in [-0.25, -0.2) is 43.9 Å². The quantitative estimate of drug-likeness (QED) is 0.0417. The second kappa shape index (κ2) is 23.5. The average molecular weight is 1490 g/mol. The maximum absolute atomic E-state index is 13.5. The van der Waals surface area contributed by atoms with E-state index < -0.39 is 83.3 Å². The number of aromatic nitrogens is 10. The minimum absolute atomic E-state index is 0.0111. The molecule has 39 heteroatoms. The molecule has 69 heavy (non-hydrogen) atoms. The summed E-state index contributed by atoms with van der Waals surface area (Å²) in [5.74, 6) is -11.4. The Kier molecular flexibility index (Phi) is 19.1. The zero-order chi connectivity index (χ0) is 51.1. The van der Waals surface area contributed by atoms with Crippen molar-refractivity contribution in [1.82, 2.24) is 43.7 Å². The molecule has 0 saturated heterocycles. The van der Waals surface area contributed by atoms with Gasteiger partial charge < -0.3 is 20.1 Å². The van der Waals surface area contributed by atoms with Gasteiger partial charge in [-0.3, -0.25) is 0 Å². The van der Waals surface area contributed by atoms with Crippen LogP contribution in [-0.4, -0.2) is 78.1 Å². The first kappa shape index (κ1) is 56.3. The van der Waals surface area contributed by atoms with Crippen LogP contribution in [0.4, 0.5) is 43.9 Å². The van der Waals surface area contributed by atoms with Crippen LogP contribution >= 0.6 is 180 Å². The van der Waals surface area contributed by atoms with Gasteiger partial charge in [0.15, 0.2) is 58.2 Å². The molecule has 0 aliphatic carbocycles. The third-order valence-corrected chi connectivity index (χ3v) is 15.7. The molecule has 0 aliphatic rings. The van der Waals surface area contributed by atoms with Crippen molar-refractivity contribution in [3.05, 3.63) is 94.7 Å². The minimum atomic E-state index is -2.28. The molecule has 5 aromatic heterocycles. The van der Waals surface area contributed by atoms with E-state index in [-0.39, 0.29) is 69.6 Å². The van der Waals surface area contributed by atoms with Crippen LogP contribution in [0.25, 0.3) is 55.2 Å². The van der Waals surface area contributed by atoms with Gasteiger partial charge in [0.2, 0.25) is 0 Å². The van der Waals surface area contributed by atoms with Gasteiger partial charge in [0.25, 0.3) is 0 Å². The molecule has 5 heterocycles. The number of fused-ring (bicyclic) bond motifs is 5. The summed E-state index contributed by atoms with van der Waals surface area (Å²) in [7, 11) is -4.55. The minimum Gasteiger partial charge on any atom is -0.423 e. The van der Waals surface area contributed by atoms with Crippen LogP contribution in [0.3, 0.4) is 0 Å². The molecule has 0 amide bonds.